The molecule has 0 spiro atoms. The van der Waals surface area contributed by atoms with Gasteiger partial charge in [-0.1, -0.05) is 11.3 Å². The molecule has 15 heavy (non-hydrogen) atoms. The number of morpholine rings is 1. The number of halogens is 1. The van der Waals surface area contributed by atoms with E-state index in [2.05, 4.69) is 28.9 Å². The highest BCUT2D eigenvalue weighted by atomic mass is 35.5. The van der Waals surface area contributed by atoms with Crippen LogP contribution in [0.5, 0.6) is 0 Å². The lowest BCUT2D eigenvalue weighted by atomic mass is 10.1. The van der Waals surface area contributed by atoms with Crippen molar-refractivity contribution in [1.29, 1.82) is 0 Å². The summed E-state index contributed by atoms with van der Waals surface area (Å²) >= 11 is 7.40. The van der Waals surface area contributed by atoms with Gasteiger partial charge in [0.25, 0.3) is 0 Å². The SMILES string of the molecule is CC1(C)CN(c2nncs2)CC(CCl)O1. The molecular weight excluding hydrogens is 234 g/mol. The van der Waals surface area contributed by atoms with Crippen molar-refractivity contribution < 1.29 is 4.74 Å². The van der Waals surface area contributed by atoms with Gasteiger partial charge in [-0.2, -0.15) is 0 Å². The van der Waals surface area contributed by atoms with E-state index in [4.69, 9.17) is 16.3 Å². The first-order chi connectivity index (χ1) is 7.11. The summed E-state index contributed by atoms with van der Waals surface area (Å²) in [5, 5.41) is 8.86. The zero-order valence-corrected chi connectivity index (χ0v) is 10.4. The minimum absolute atomic E-state index is 0.0688. The Morgan fingerprint density at radius 2 is 2.53 bits per heavy atom. The number of ether oxygens (including phenoxy) is 1. The number of rotatable bonds is 2. The molecule has 84 valence electrons. The van der Waals surface area contributed by atoms with E-state index < -0.39 is 0 Å². The van der Waals surface area contributed by atoms with Crippen molar-refractivity contribution in [3.05, 3.63) is 5.51 Å². The molecule has 0 saturated carbocycles. The maximum Gasteiger partial charge on any atom is 0.208 e. The van der Waals surface area contributed by atoms with Gasteiger partial charge in [-0.15, -0.1) is 21.8 Å². The van der Waals surface area contributed by atoms with Crippen molar-refractivity contribution in [3.63, 3.8) is 0 Å². The van der Waals surface area contributed by atoms with E-state index in [0.717, 1.165) is 18.2 Å². The maximum atomic E-state index is 5.85. The Morgan fingerprint density at radius 3 is 3.13 bits per heavy atom. The first-order valence-electron chi connectivity index (χ1n) is 4.85. The number of nitrogens with zero attached hydrogens (tertiary/aromatic N) is 3. The van der Waals surface area contributed by atoms with Gasteiger partial charge in [-0.3, -0.25) is 0 Å². The molecule has 2 heterocycles. The van der Waals surface area contributed by atoms with Crippen LogP contribution in [0, 0.1) is 0 Å². The Hall–Kier alpha value is -0.390. The number of hydrogen-bond donors (Lipinski definition) is 0. The molecule has 1 aliphatic heterocycles. The monoisotopic (exact) mass is 247 g/mol. The molecule has 1 fully saturated rings. The largest absolute Gasteiger partial charge is 0.367 e. The first-order valence-corrected chi connectivity index (χ1v) is 6.27. The molecule has 0 radical (unpaired) electrons. The highest BCUT2D eigenvalue weighted by Crippen LogP contribution is 2.26. The van der Waals surface area contributed by atoms with Crippen LogP contribution < -0.4 is 4.90 Å². The highest BCUT2D eigenvalue weighted by molar-refractivity contribution is 7.13. The summed E-state index contributed by atoms with van der Waals surface area (Å²) in [6.45, 7) is 5.76. The van der Waals surface area contributed by atoms with Gasteiger partial charge >= 0.3 is 0 Å². The zero-order chi connectivity index (χ0) is 10.9. The van der Waals surface area contributed by atoms with Gasteiger partial charge in [0.05, 0.1) is 17.6 Å². The molecule has 1 aromatic rings. The van der Waals surface area contributed by atoms with Gasteiger partial charge in [0, 0.05) is 13.1 Å². The van der Waals surface area contributed by atoms with E-state index in [1.54, 1.807) is 16.8 Å². The summed E-state index contributed by atoms with van der Waals surface area (Å²) < 4.78 is 5.83. The van der Waals surface area contributed by atoms with Crippen molar-refractivity contribution in [1.82, 2.24) is 10.2 Å². The normalized spacial score (nSPS) is 25.5. The van der Waals surface area contributed by atoms with Crippen molar-refractivity contribution in [2.24, 2.45) is 0 Å². The molecule has 6 heteroatoms. The van der Waals surface area contributed by atoms with E-state index in [-0.39, 0.29) is 11.7 Å². The highest BCUT2D eigenvalue weighted by Gasteiger charge is 2.34. The molecule has 1 atom stereocenters. The third kappa shape index (κ3) is 2.59. The molecule has 4 nitrogen and oxygen atoms in total. The van der Waals surface area contributed by atoms with Crippen molar-refractivity contribution in [3.8, 4) is 0 Å². The van der Waals surface area contributed by atoms with E-state index in [1.165, 1.54) is 0 Å². The Labute approximate surface area is 98.2 Å². The van der Waals surface area contributed by atoms with Crippen LogP contribution in [0.4, 0.5) is 5.13 Å². The molecule has 0 aliphatic carbocycles. The smallest absolute Gasteiger partial charge is 0.208 e. The molecule has 0 N–H and O–H groups in total. The maximum absolute atomic E-state index is 5.85. The third-order valence-corrected chi connectivity index (χ3v) is 3.37. The quantitative estimate of drug-likeness (QED) is 0.747. The standard InChI is InChI=1S/C9H14ClN3OS/c1-9(2)5-13(4-7(3-10)14-9)8-12-11-6-15-8/h6-7H,3-5H2,1-2H3. The number of anilines is 1. The van der Waals surface area contributed by atoms with E-state index in [1.807, 2.05) is 0 Å². The second-order valence-electron chi connectivity index (χ2n) is 4.26. The van der Waals surface area contributed by atoms with E-state index in [0.29, 0.717) is 5.88 Å². The second kappa shape index (κ2) is 4.23. The molecular formula is C9H14ClN3OS. The fourth-order valence-corrected chi connectivity index (χ4v) is 2.56. The number of aromatic nitrogens is 2. The van der Waals surface area contributed by atoms with Crippen LogP contribution in [0.3, 0.4) is 0 Å². The molecule has 1 unspecified atom stereocenters. The van der Waals surface area contributed by atoms with Crippen molar-refractivity contribution >= 4 is 28.1 Å². The lowest BCUT2D eigenvalue weighted by molar-refractivity contribution is -0.0734. The topological polar surface area (TPSA) is 38.2 Å². The second-order valence-corrected chi connectivity index (χ2v) is 5.38. The molecule has 0 bridgehead atoms. The van der Waals surface area contributed by atoms with Gasteiger partial charge < -0.3 is 9.64 Å². The predicted octanol–water partition coefficient (Wildman–Crippen LogP) is 1.76. The van der Waals surface area contributed by atoms with Gasteiger partial charge in [0.1, 0.15) is 5.51 Å². The predicted molar refractivity (Wildman–Crippen MR) is 61.8 cm³/mol. The van der Waals surface area contributed by atoms with Crippen molar-refractivity contribution in [2.45, 2.75) is 25.6 Å². The van der Waals surface area contributed by atoms with Crippen LogP contribution in [-0.2, 0) is 4.74 Å². The molecule has 1 aliphatic rings. The van der Waals surface area contributed by atoms with Crippen LogP contribution in [0.2, 0.25) is 0 Å². The Morgan fingerprint density at radius 1 is 1.73 bits per heavy atom. The Bertz CT molecular complexity index is 317. The first kappa shape index (κ1) is 11.1. The van der Waals surface area contributed by atoms with E-state index in [9.17, 15) is 0 Å². The van der Waals surface area contributed by atoms with Crippen LogP contribution in [0.15, 0.2) is 5.51 Å². The van der Waals surface area contributed by atoms with Crippen molar-refractivity contribution in [2.75, 3.05) is 23.9 Å². The molecule has 1 saturated heterocycles. The lowest BCUT2D eigenvalue weighted by Crippen LogP contribution is -2.53. The minimum atomic E-state index is -0.177. The van der Waals surface area contributed by atoms with Crippen LogP contribution in [0.25, 0.3) is 0 Å². The molecule has 0 aromatic carbocycles. The van der Waals surface area contributed by atoms with Crippen LogP contribution in [-0.4, -0.2) is 40.9 Å². The summed E-state index contributed by atoms with van der Waals surface area (Å²) in [5.74, 6) is 0.513. The van der Waals surface area contributed by atoms with Gasteiger partial charge in [0.15, 0.2) is 0 Å². The van der Waals surface area contributed by atoms with Gasteiger partial charge in [-0.25, -0.2) is 0 Å². The lowest BCUT2D eigenvalue weighted by Gasteiger charge is -2.42. The number of hydrogen-bond acceptors (Lipinski definition) is 5. The summed E-state index contributed by atoms with van der Waals surface area (Å²) in [5.41, 5.74) is 1.57. The fourth-order valence-electron chi connectivity index (χ4n) is 1.83. The number of alkyl halides is 1. The minimum Gasteiger partial charge on any atom is -0.367 e. The summed E-state index contributed by atoms with van der Waals surface area (Å²) in [7, 11) is 0. The zero-order valence-electron chi connectivity index (χ0n) is 8.81. The average molecular weight is 248 g/mol. The van der Waals surface area contributed by atoms with E-state index >= 15 is 0 Å². The molecule has 0 amide bonds. The van der Waals surface area contributed by atoms with Crippen LogP contribution in [0.1, 0.15) is 13.8 Å². The third-order valence-electron chi connectivity index (χ3n) is 2.27. The molecule has 2 rings (SSSR count). The van der Waals surface area contributed by atoms with Gasteiger partial charge in [0.2, 0.25) is 5.13 Å². The summed E-state index contributed by atoms with van der Waals surface area (Å²) in [6.07, 6.45) is 0.0688. The van der Waals surface area contributed by atoms with Gasteiger partial charge in [-0.05, 0) is 13.8 Å². The summed E-state index contributed by atoms with van der Waals surface area (Å²) in [6, 6.07) is 0. The summed E-state index contributed by atoms with van der Waals surface area (Å²) in [4.78, 5) is 2.19. The fraction of sp³-hybridized carbons (Fsp3) is 0.778. The average Bonchev–Trinajstić information content (AvgIpc) is 2.68. The Balaban J connectivity index is 2.13. The van der Waals surface area contributed by atoms with Crippen LogP contribution >= 0.6 is 22.9 Å². The molecule has 1 aromatic heterocycles. The Kier molecular flexibility index (Phi) is 3.13.